The summed E-state index contributed by atoms with van der Waals surface area (Å²) in [5, 5.41) is 10.2. The summed E-state index contributed by atoms with van der Waals surface area (Å²) >= 11 is 0. The molecule has 0 radical (unpaired) electrons. The third-order valence-corrected chi connectivity index (χ3v) is 9.42. The molecular weight excluding hydrogens is 534 g/mol. The molecule has 7 atom stereocenters. The van der Waals surface area contributed by atoms with E-state index >= 15 is 0 Å². The van der Waals surface area contributed by atoms with Crippen LogP contribution in [0.3, 0.4) is 0 Å². The maximum Gasteiger partial charge on any atom is 0.249 e. The average molecular weight is 582 g/mol. The molecule has 42 heavy (non-hydrogen) atoms. The summed E-state index contributed by atoms with van der Waals surface area (Å²) in [5.41, 5.74) is -2.09. The number of benzene rings is 1. The van der Waals surface area contributed by atoms with Crippen LogP contribution in [0.5, 0.6) is 5.75 Å². The van der Waals surface area contributed by atoms with Crippen molar-refractivity contribution in [3.63, 3.8) is 0 Å². The topological polar surface area (TPSA) is 99.6 Å². The van der Waals surface area contributed by atoms with E-state index in [1.54, 1.807) is 28.9 Å². The maximum absolute atomic E-state index is 14.6. The number of hydrogen-bond donors (Lipinski definition) is 1. The van der Waals surface area contributed by atoms with E-state index in [-0.39, 0.29) is 43.3 Å². The van der Waals surface area contributed by atoms with E-state index in [4.69, 9.17) is 9.47 Å². The average Bonchev–Trinajstić information content (AvgIpc) is 3.45. The molecule has 3 unspecified atom stereocenters. The van der Waals surface area contributed by atoms with Crippen molar-refractivity contribution in [2.45, 2.75) is 83.7 Å². The summed E-state index contributed by atoms with van der Waals surface area (Å²) in [4.78, 5) is 48.4. The highest BCUT2D eigenvalue weighted by Gasteiger charge is 2.80. The van der Waals surface area contributed by atoms with Gasteiger partial charge in [0, 0.05) is 24.3 Å². The standard InChI is InChI=1S/C33H47N3O6/c1-10-17-34(23-13-15-24(16-14-23)41-12-3)28(38)25-26-29(39)36(22(5)20-37)27(30(40)35(18-11-2)31(6,7)8)33(26)19-21(4)32(25,9)42-33/h10-11,13-16,21-22,25-27,37H,1-2,12,17-20H2,3-9H3/t21?,22-,25-,26+,27?,32+,33?/m1/s1. The highest BCUT2D eigenvalue weighted by atomic mass is 16.5. The second kappa shape index (κ2) is 11.5. The summed E-state index contributed by atoms with van der Waals surface area (Å²) in [7, 11) is 0. The molecule has 2 bridgehead atoms. The minimum Gasteiger partial charge on any atom is -0.494 e. The highest BCUT2D eigenvalue weighted by Crippen LogP contribution is 2.66. The molecule has 1 N–H and O–H groups in total. The van der Waals surface area contributed by atoms with E-state index in [0.29, 0.717) is 24.5 Å². The zero-order valence-electron chi connectivity index (χ0n) is 26.1. The Hall–Kier alpha value is -3.17. The van der Waals surface area contributed by atoms with Gasteiger partial charge in [-0.1, -0.05) is 19.1 Å². The number of carbonyl (C=O) groups is 3. The maximum atomic E-state index is 14.6. The van der Waals surface area contributed by atoms with Crippen molar-refractivity contribution in [3.8, 4) is 5.75 Å². The van der Waals surface area contributed by atoms with Crippen molar-refractivity contribution in [2.24, 2.45) is 17.8 Å². The van der Waals surface area contributed by atoms with E-state index in [1.807, 2.05) is 65.8 Å². The Balaban J connectivity index is 1.84. The first-order chi connectivity index (χ1) is 19.7. The summed E-state index contributed by atoms with van der Waals surface area (Å²) in [6.45, 7) is 21.8. The zero-order chi connectivity index (χ0) is 31.2. The first kappa shape index (κ1) is 31.8. The van der Waals surface area contributed by atoms with Gasteiger partial charge in [0.15, 0.2) is 0 Å². The van der Waals surface area contributed by atoms with Crippen LogP contribution in [0.15, 0.2) is 49.6 Å². The van der Waals surface area contributed by atoms with Gasteiger partial charge in [-0.3, -0.25) is 14.4 Å². The molecule has 3 heterocycles. The van der Waals surface area contributed by atoms with Crippen molar-refractivity contribution in [1.29, 1.82) is 0 Å². The van der Waals surface area contributed by atoms with Crippen molar-refractivity contribution in [3.05, 3.63) is 49.6 Å². The van der Waals surface area contributed by atoms with E-state index in [9.17, 15) is 19.5 Å². The number of ether oxygens (including phenoxy) is 2. The van der Waals surface area contributed by atoms with E-state index in [2.05, 4.69) is 13.2 Å². The van der Waals surface area contributed by atoms with Crippen LogP contribution >= 0.6 is 0 Å². The Morgan fingerprint density at radius 3 is 2.33 bits per heavy atom. The van der Waals surface area contributed by atoms with Gasteiger partial charge in [0.1, 0.15) is 17.4 Å². The first-order valence-electron chi connectivity index (χ1n) is 14.9. The number of likely N-dealkylation sites (tertiary alicyclic amines) is 1. The molecule has 4 rings (SSSR count). The Morgan fingerprint density at radius 1 is 1.19 bits per heavy atom. The van der Waals surface area contributed by atoms with Crippen LogP contribution < -0.4 is 9.64 Å². The Bertz CT molecular complexity index is 1230. The van der Waals surface area contributed by atoms with Crippen LogP contribution in [0.25, 0.3) is 0 Å². The molecule has 0 aliphatic carbocycles. The van der Waals surface area contributed by atoms with Gasteiger partial charge in [-0.25, -0.2) is 0 Å². The number of aliphatic hydroxyl groups excluding tert-OH is 1. The molecule has 3 aliphatic heterocycles. The van der Waals surface area contributed by atoms with Crippen molar-refractivity contribution in [1.82, 2.24) is 9.80 Å². The van der Waals surface area contributed by atoms with Gasteiger partial charge in [-0.15, -0.1) is 13.2 Å². The fourth-order valence-electron chi connectivity index (χ4n) is 7.37. The van der Waals surface area contributed by atoms with Gasteiger partial charge in [0.2, 0.25) is 17.7 Å². The van der Waals surface area contributed by atoms with E-state index in [0.717, 1.165) is 0 Å². The molecule has 3 fully saturated rings. The lowest BCUT2D eigenvalue weighted by Gasteiger charge is -2.43. The second-order valence-corrected chi connectivity index (χ2v) is 13.1. The number of rotatable bonds is 11. The predicted molar refractivity (Wildman–Crippen MR) is 162 cm³/mol. The monoisotopic (exact) mass is 581 g/mol. The Labute approximate surface area is 250 Å². The van der Waals surface area contributed by atoms with Crippen molar-refractivity contribution >= 4 is 23.4 Å². The molecule has 1 aromatic carbocycles. The highest BCUT2D eigenvalue weighted by molar-refractivity contribution is 6.03. The molecular formula is C33H47N3O6. The normalized spacial score (nSPS) is 30.6. The van der Waals surface area contributed by atoms with Gasteiger partial charge < -0.3 is 29.3 Å². The van der Waals surface area contributed by atoms with Crippen LogP contribution in [-0.4, -0.2) is 87.8 Å². The number of fused-ring (bicyclic) bond motifs is 1. The zero-order valence-corrected chi connectivity index (χ0v) is 26.1. The third-order valence-electron chi connectivity index (χ3n) is 9.42. The molecule has 9 heteroatoms. The second-order valence-electron chi connectivity index (χ2n) is 13.1. The molecule has 3 amide bonds. The molecule has 0 aromatic heterocycles. The summed E-state index contributed by atoms with van der Waals surface area (Å²) in [6, 6.07) is 5.63. The van der Waals surface area contributed by atoms with Crippen molar-refractivity contribution in [2.75, 3.05) is 31.2 Å². The van der Waals surface area contributed by atoms with Crippen LogP contribution in [0.2, 0.25) is 0 Å². The van der Waals surface area contributed by atoms with E-state index < -0.39 is 40.7 Å². The Morgan fingerprint density at radius 2 is 1.81 bits per heavy atom. The lowest BCUT2D eigenvalue weighted by Crippen LogP contribution is -2.61. The van der Waals surface area contributed by atoms with Crippen LogP contribution in [0.4, 0.5) is 5.69 Å². The van der Waals surface area contributed by atoms with Crippen LogP contribution in [0.1, 0.15) is 54.9 Å². The smallest absolute Gasteiger partial charge is 0.249 e. The fourth-order valence-corrected chi connectivity index (χ4v) is 7.37. The number of amides is 3. The van der Waals surface area contributed by atoms with Crippen molar-refractivity contribution < 1.29 is 29.0 Å². The van der Waals surface area contributed by atoms with Crippen LogP contribution in [-0.2, 0) is 19.1 Å². The molecule has 1 aromatic rings. The molecule has 3 saturated heterocycles. The van der Waals surface area contributed by atoms with Gasteiger partial charge in [-0.05, 0) is 78.1 Å². The summed E-state index contributed by atoms with van der Waals surface area (Å²) in [6.07, 6.45) is 3.77. The SMILES string of the molecule is C=CCN(C(=O)[C@H]1[C@H]2C(=O)N([C@H](C)CO)C(C(=O)N(CC=C)C(C)(C)C)C23CC(C)[C@]1(C)O3)c1ccc(OCC)cc1. The van der Waals surface area contributed by atoms with Gasteiger partial charge in [0.05, 0.1) is 36.7 Å². The number of hydrogen-bond acceptors (Lipinski definition) is 6. The van der Waals surface area contributed by atoms with Crippen LogP contribution in [0, 0.1) is 17.8 Å². The largest absolute Gasteiger partial charge is 0.494 e. The number of nitrogens with zero attached hydrogens (tertiary/aromatic N) is 3. The van der Waals surface area contributed by atoms with Gasteiger partial charge in [-0.2, -0.15) is 0 Å². The molecule has 9 nitrogen and oxygen atoms in total. The number of carbonyl (C=O) groups excluding carboxylic acids is 3. The molecule has 3 aliphatic rings. The number of aliphatic hydroxyl groups is 1. The fraction of sp³-hybridized carbons (Fsp3) is 0.606. The predicted octanol–water partition coefficient (Wildman–Crippen LogP) is 3.81. The molecule has 0 saturated carbocycles. The third kappa shape index (κ3) is 4.84. The van der Waals surface area contributed by atoms with Gasteiger partial charge >= 0.3 is 0 Å². The minimum atomic E-state index is -1.21. The number of anilines is 1. The molecule has 230 valence electrons. The summed E-state index contributed by atoms with van der Waals surface area (Å²) < 4.78 is 12.5. The van der Waals surface area contributed by atoms with E-state index in [1.165, 1.54) is 4.90 Å². The Kier molecular flexibility index (Phi) is 8.69. The minimum absolute atomic E-state index is 0.108. The van der Waals surface area contributed by atoms with Gasteiger partial charge in [0.25, 0.3) is 0 Å². The lowest BCUT2D eigenvalue weighted by atomic mass is 9.62. The lowest BCUT2D eigenvalue weighted by molar-refractivity contribution is -0.158. The molecule has 1 spiro atoms. The quantitative estimate of drug-likeness (QED) is 0.399. The first-order valence-corrected chi connectivity index (χ1v) is 14.9. The summed E-state index contributed by atoms with van der Waals surface area (Å²) in [5.74, 6) is -1.98.